The monoisotopic (exact) mass is 335 g/mol. The van der Waals surface area contributed by atoms with Crippen molar-refractivity contribution in [3.63, 3.8) is 0 Å². The first-order chi connectivity index (χ1) is 10.5. The van der Waals surface area contributed by atoms with Crippen LogP contribution in [-0.4, -0.2) is 21.7 Å². The lowest BCUT2D eigenvalue weighted by molar-refractivity contribution is -0.116. The van der Waals surface area contributed by atoms with Crippen LogP contribution < -0.4 is 10.9 Å². The highest BCUT2D eigenvalue weighted by Gasteiger charge is 2.31. The van der Waals surface area contributed by atoms with Crippen molar-refractivity contribution in [3.8, 4) is 0 Å². The average molecular weight is 336 g/mol. The molecule has 0 unspecified atom stereocenters. The van der Waals surface area contributed by atoms with Crippen LogP contribution in [0.2, 0.25) is 5.02 Å². The minimum Gasteiger partial charge on any atom is -0.312 e. The fourth-order valence-corrected chi connectivity index (χ4v) is 3.36. The number of hydrogen-bond donors (Lipinski definition) is 1. The Hall–Kier alpha value is -1.79. The van der Waals surface area contributed by atoms with Gasteiger partial charge in [-0.1, -0.05) is 35.5 Å². The van der Waals surface area contributed by atoms with Crippen LogP contribution >= 0.6 is 23.4 Å². The standard InChI is InChI=1S/C15H14ClN3O2S/c1-19-13-12(14(21)18-15(19)22-2)10(7-11(20)17-13)8-3-5-9(16)6-4-8/h3-6,10H,7H2,1-2H3,(H,17,20)/t10-/m1/s1. The largest absolute Gasteiger partial charge is 0.312 e. The van der Waals surface area contributed by atoms with Gasteiger partial charge in [0.1, 0.15) is 5.82 Å². The summed E-state index contributed by atoms with van der Waals surface area (Å²) in [5.41, 5.74) is 1.12. The van der Waals surface area contributed by atoms with Gasteiger partial charge in [-0.3, -0.25) is 9.59 Å². The number of carbonyl (C=O) groups is 1. The Morgan fingerprint density at radius 3 is 2.64 bits per heavy atom. The number of nitrogens with one attached hydrogen (secondary N) is 1. The maximum absolute atomic E-state index is 12.4. The van der Waals surface area contributed by atoms with E-state index >= 15 is 0 Å². The molecule has 0 saturated heterocycles. The summed E-state index contributed by atoms with van der Waals surface area (Å²) in [5, 5.41) is 3.99. The maximum atomic E-state index is 12.4. The molecule has 1 amide bonds. The molecule has 2 heterocycles. The zero-order valence-electron chi connectivity index (χ0n) is 12.1. The second-order valence-corrected chi connectivity index (χ2v) is 6.29. The fourth-order valence-electron chi connectivity index (χ4n) is 2.70. The molecule has 5 nitrogen and oxygen atoms in total. The van der Waals surface area contributed by atoms with Crippen LogP contribution in [0.4, 0.5) is 5.82 Å². The number of thioether (sulfide) groups is 1. The van der Waals surface area contributed by atoms with E-state index in [9.17, 15) is 9.59 Å². The summed E-state index contributed by atoms with van der Waals surface area (Å²) >= 11 is 7.28. The molecule has 114 valence electrons. The van der Waals surface area contributed by atoms with E-state index in [1.54, 1.807) is 23.7 Å². The summed E-state index contributed by atoms with van der Waals surface area (Å²) in [6, 6.07) is 7.21. The van der Waals surface area contributed by atoms with E-state index in [1.165, 1.54) is 11.8 Å². The molecule has 1 aliphatic rings. The Morgan fingerprint density at radius 2 is 2.00 bits per heavy atom. The Labute approximate surface area is 136 Å². The number of carbonyl (C=O) groups excluding carboxylic acids is 1. The highest BCUT2D eigenvalue weighted by atomic mass is 35.5. The third kappa shape index (κ3) is 2.53. The van der Waals surface area contributed by atoms with Crippen LogP contribution in [0.25, 0.3) is 0 Å². The number of nitrogens with zero attached hydrogens (tertiary/aromatic N) is 2. The Bertz CT molecular complexity index is 802. The molecular weight excluding hydrogens is 322 g/mol. The van der Waals surface area contributed by atoms with E-state index in [4.69, 9.17) is 11.6 Å². The van der Waals surface area contributed by atoms with Crippen LogP contribution in [0.1, 0.15) is 23.5 Å². The summed E-state index contributed by atoms with van der Waals surface area (Å²) in [7, 11) is 1.79. The van der Waals surface area contributed by atoms with Gasteiger partial charge in [0, 0.05) is 24.4 Å². The van der Waals surface area contributed by atoms with Crippen molar-refractivity contribution < 1.29 is 4.79 Å². The normalized spacial score (nSPS) is 17.0. The second-order valence-electron chi connectivity index (χ2n) is 5.08. The first-order valence-electron chi connectivity index (χ1n) is 6.71. The number of rotatable bonds is 2. The van der Waals surface area contributed by atoms with Crippen LogP contribution in [0.5, 0.6) is 0 Å². The van der Waals surface area contributed by atoms with Gasteiger partial charge in [0.15, 0.2) is 5.16 Å². The summed E-state index contributed by atoms with van der Waals surface area (Å²) in [4.78, 5) is 28.6. The molecule has 0 radical (unpaired) electrons. The van der Waals surface area contributed by atoms with Gasteiger partial charge in [-0.25, -0.2) is 0 Å². The van der Waals surface area contributed by atoms with Gasteiger partial charge >= 0.3 is 0 Å². The van der Waals surface area contributed by atoms with Gasteiger partial charge in [-0.05, 0) is 24.0 Å². The molecule has 0 fully saturated rings. The zero-order valence-corrected chi connectivity index (χ0v) is 13.7. The van der Waals surface area contributed by atoms with Crippen molar-refractivity contribution in [3.05, 3.63) is 50.8 Å². The Balaban J connectivity index is 2.21. The molecule has 1 aromatic heterocycles. The number of halogens is 1. The van der Waals surface area contributed by atoms with E-state index in [1.807, 2.05) is 18.4 Å². The summed E-state index contributed by atoms with van der Waals surface area (Å²) in [6.45, 7) is 0. The third-order valence-corrected chi connectivity index (χ3v) is 4.74. The first-order valence-corrected chi connectivity index (χ1v) is 8.31. The molecule has 0 bridgehead atoms. The summed E-state index contributed by atoms with van der Waals surface area (Å²) in [5.74, 6) is 0.115. The second kappa shape index (κ2) is 5.78. The maximum Gasteiger partial charge on any atom is 0.279 e. The molecule has 0 saturated carbocycles. The van der Waals surface area contributed by atoms with Crippen molar-refractivity contribution in [2.75, 3.05) is 11.6 Å². The molecule has 1 atom stereocenters. The molecule has 3 rings (SSSR count). The fraction of sp³-hybridized carbons (Fsp3) is 0.267. The smallest absolute Gasteiger partial charge is 0.279 e. The van der Waals surface area contributed by atoms with Crippen molar-refractivity contribution in [2.24, 2.45) is 7.05 Å². The third-order valence-electron chi connectivity index (χ3n) is 3.76. The molecule has 2 aromatic rings. The van der Waals surface area contributed by atoms with Crippen LogP contribution in [0, 0.1) is 0 Å². The number of amides is 1. The van der Waals surface area contributed by atoms with Gasteiger partial charge in [-0.15, -0.1) is 0 Å². The van der Waals surface area contributed by atoms with E-state index in [0.29, 0.717) is 21.6 Å². The van der Waals surface area contributed by atoms with Crippen LogP contribution in [-0.2, 0) is 11.8 Å². The van der Waals surface area contributed by atoms with Gasteiger partial charge in [0.25, 0.3) is 5.56 Å². The van der Waals surface area contributed by atoms with Gasteiger partial charge in [0.2, 0.25) is 5.91 Å². The molecular formula is C15H14ClN3O2S. The van der Waals surface area contributed by atoms with Crippen molar-refractivity contribution in [1.29, 1.82) is 0 Å². The minimum absolute atomic E-state index is 0.110. The Kier molecular flexibility index (Phi) is 3.97. The molecule has 0 spiro atoms. The minimum atomic E-state index is -0.303. The SMILES string of the molecule is CSc1nc(=O)c2c(n1C)NC(=O)C[C@@H]2c1ccc(Cl)cc1. The van der Waals surface area contributed by atoms with Gasteiger partial charge in [-0.2, -0.15) is 4.98 Å². The average Bonchev–Trinajstić information content (AvgIpc) is 2.50. The lowest BCUT2D eigenvalue weighted by Crippen LogP contribution is -2.33. The van der Waals surface area contributed by atoms with Crippen molar-refractivity contribution in [1.82, 2.24) is 9.55 Å². The quantitative estimate of drug-likeness (QED) is 0.677. The zero-order chi connectivity index (χ0) is 15.9. The summed E-state index contributed by atoms with van der Waals surface area (Å²) < 4.78 is 1.75. The van der Waals surface area contributed by atoms with Crippen molar-refractivity contribution in [2.45, 2.75) is 17.5 Å². The van der Waals surface area contributed by atoms with Crippen molar-refractivity contribution >= 4 is 35.1 Å². The molecule has 1 aliphatic heterocycles. The lowest BCUT2D eigenvalue weighted by atomic mass is 9.87. The topological polar surface area (TPSA) is 64.0 Å². The highest BCUT2D eigenvalue weighted by Crippen LogP contribution is 2.35. The number of hydrogen-bond acceptors (Lipinski definition) is 4. The lowest BCUT2D eigenvalue weighted by Gasteiger charge is -2.27. The number of benzene rings is 1. The van der Waals surface area contributed by atoms with E-state index in [-0.39, 0.29) is 23.8 Å². The van der Waals surface area contributed by atoms with E-state index in [2.05, 4.69) is 10.3 Å². The molecule has 1 aromatic carbocycles. The van der Waals surface area contributed by atoms with E-state index in [0.717, 1.165) is 5.56 Å². The van der Waals surface area contributed by atoms with Crippen LogP contribution in [0.15, 0.2) is 34.2 Å². The molecule has 7 heteroatoms. The van der Waals surface area contributed by atoms with Gasteiger partial charge < -0.3 is 9.88 Å². The molecule has 22 heavy (non-hydrogen) atoms. The van der Waals surface area contributed by atoms with Gasteiger partial charge in [0.05, 0.1) is 5.56 Å². The number of aromatic nitrogens is 2. The predicted octanol–water partition coefficient (Wildman–Crippen LogP) is 2.63. The number of fused-ring (bicyclic) bond motifs is 1. The Morgan fingerprint density at radius 1 is 1.32 bits per heavy atom. The molecule has 0 aliphatic carbocycles. The predicted molar refractivity (Wildman–Crippen MR) is 87.8 cm³/mol. The first kappa shape index (κ1) is 15.1. The summed E-state index contributed by atoms with van der Waals surface area (Å²) in [6.07, 6.45) is 2.07. The van der Waals surface area contributed by atoms with E-state index < -0.39 is 0 Å². The number of anilines is 1. The highest BCUT2D eigenvalue weighted by molar-refractivity contribution is 7.98. The van der Waals surface area contributed by atoms with Crippen LogP contribution in [0.3, 0.4) is 0 Å². The molecule has 1 N–H and O–H groups in total.